The van der Waals surface area contributed by atoms with Crippen LogP contribution in [0.5, 0.6) is 11.5 Å². The first-order valence-electron chi connectivity index (χ1n) is 7.02. The number of benzene rings is 1. The molecular weight excluding hydrogens is 270 g/mol. The van der Waals surface area contributed by atoms with Crippen molar-refractivity contribution in [2.45, 2.75) is 25.3 Å². The standard InChI is InChI=1S/C15H19N3O3/c1-9-11(6-7-16-9)15-17-14(18-21-15)10-4-5-12(19-2)13(8-10)20-3/h4-5,8-9,11,16H,6-7H2,1-3H3. The van der Waals surface area contributed by atoms with Gasteiger partial charge in [-0.1, -0.05) is 5.16 Å². The van der Waals surface area contributed by atoms with Gasteiger partial charge in [0.15, 0.2) is 11.5 Å². The van der Waals surface area contributed by atoms with Gasteiger partial charge in [-0.05, 0) is 38.1 Å². The highest BCUT2D eigenvalue weighted by Crippen LogP contribution is 2.32. The van der Waals surface area contributed by atoms with Gasteiger partial charge in [-0.25, -0.2) is 0 Å². The van der Waals surface area contributed by atoms with E-state index in [0.717, 1.165) is 18.5 Å². The maximum absolute atomic E-state index is 5.43. The Hall–Kier alpha value is -2.08. The minimum absolute atomic E-state index is 0.284. The van der Waals surface area contributed by atoms with E-state index in [0.29, 0.717) is 29.3 Å². The van der Waals surface area contributed by atoms with E-state index in [1.807, 2.05) is 18.2 Å². The molecule has 1 aromatic heterocycles. The molecular formula is C15H19N3O3. The maximum atomic E-state index is 5.43. The van der Waals surface area contributed by atoms with E-state index >= 15 is 0 Å². The Labute approximate surface area is 123 Å². The summed E-state index contributed by atoms with van der Waals surface area (Å²) in [5, 5.41) is 7.47. The Morgan fingerprint density at radius 2 is 2.05 bits per heavy atom. The summed E-state index contributed by atoms with van der Waals surface area (Å²) < 4.78 is 16.0. The molecule has 112 valence electrons. The number of nitrogens with zero attached hydrogens (tertiary/aromatic N) is 2. The van der Waals surface area contributed by atoms with Gasteiger partial charge in [0.1, 0.15) is 0 Å². The van der Waals surface area contributed by atoms with Crippen LogP contribution < -0.4 is 14.8 Å². The average molecular weight is 289 g/mol. The molecule has 3 rings (SSSR count). The second-order valence-corrected chi connectivity index (χ2v) is 5.16. The molecule has 1 aliphatic rings. The van der Waals surface area contributed by atoms with Crippen LogP contribution in [0, 0.1) is 0 Å². The van der Waals surface area contributed by atoms with Crippen molar-refractivity contribution < 1.29 is 14.0 Å². The number of nitrogens with one attached hydrogen (secondary N) is 1. The van der Waals surface area contributed by atoms with Crippen molar-refractivity contribution in [1.82, 2.24) is 15.5 Å². The second-order valence-electron chi connectivity index (χ2n) is 5.16. The Morgan fingerprint density at radius 1 is 1.24 bits per heavy atom. The van der Waals surface area contributed by atoms with E-state index in [1.54, 1.807) is 14.2 Å². The Kier molecular flexibility index (Phi) is 3.79. The fourth-order valence-corrected chi connectivity index (χ4v) is 2.67. The molecule has 1 saturated heterocycles. The van der Waals surface area contributed by atoms with Gasteiger partial charge < -0.3 is 19.3 Å². The Morgan fingerprint density at radius 3 is 2.71 bits per heavy atom. The lowest BCUT2D eigenvalue weighted by atomic mass is 10.0. The lowest BCUT2D eigenvalue weighted by molar-refractivity contribution is 0.345. The molecule has 0 radical (unpaired) electrons. The van der Waals surface area contributed by atoms with Crippen LogP contribution >= 0.6 is 0 Å². The first kappa shape index (κ1) is 13.9. The number of hydrogen-bond donors (Lipinski definition) is 1. The van der Waals surface area contributed by atoms with Crippen LogP contribution in [-0.2, 0) is 0 Å². The highest BCUT2D eigenvalue weighted by molar-refractivity contribution is 5.60. The summed E-state index contributed by atoms with van der Waals surface area (Å²) in [5.74, 6) is 2.88. The molecule has 2 unspecified atom stereocenters. The molecule has 1 aliphatic heterocycles. The van der Waals surface area contributed by atoms with E-state index < -0.39 is 0 Å². The molecule has 6 nitrogen and oxygen atoms in total. The van der Waals surface area contributed by atoms with E-state index in [2.05, 4.69) is 22.4 Å². The van der Waals surface area contributed by atoms with Gasteiger partial charge in [-0.15, -0.1) is 0 Å². The van der Waals surface area contributed by atoms with Gasteiger partial charge in [0, 0.05) is 11.6 Å². The third kappa shape index (κ3) is 2.58. The largest absolute Gasteiger partial charge is 0.493 e. The minimum Gasteiger partial charge on any atom is -0.493 e. The van der Waals surface area contributed by atoms with Crippen molar-refractivity contribution in [2.75, 3.05) is 20.8 Å². The lowest BCUT2D eigenvalue weighted by Gasteiger charge is -2.09. The Balaban J connectivity index is 1.89. The summed E-state index contributed by atoms with van der Waals surface area (Å²) in [4.78, 5) is 4.53. The monoisotopic (exact) mass is 289 g/mol. The van der Waals surface area contributed by atoms with Crippen molar-refractivity contribution in [3.8, 4) is 22.9 Å². The zero-order valence-electron chi connectivity index (χ0n) is 12.4. The van der Waals surface area contributed by atoms with Crippen LogP contribution in [0.1, 0.15) is 25.2 Å². The third-order valence-electron chi connectivity index (χ3n) is 3.93. The highest BCUT2D eigenvalue weighted by Gasteiger charge is 2.29. The zero-order valence-corrected chi connectivity index (χ0v) is 12.4. The minimum atomic E-state index is 0.284. The number of hydrogen-bond acceptors (Lipinski definition) is 6. The summed E-state index contributed by atoms with van der Waals surface area (Å²) >= 11 is 0. The van der Waals surface area contributed by atoms with Crippen molar-refractivity contribution in [3.63, 3.8) is 0 Å². The number of methoxy groups -OCH3 is 2. The van der Waals surface area contributed by atoms with Crippen LogP contribution in [0.3, 0.4) is 0 Å². The van der Waals surface area contributed by atoms with Crippen molar-refractivity contribution in [2.24, 2.45) is 0 Å². The molecule has 21 heavy (non-hydrogen) atoms. The summed E-state index contributed by atoms with van der Waals surface area (Å²) in [6.45, 7) is 3.12. The van der Waals surface area contributed by atoms with Crippen molar-refractivity contribution in [1.29, 1.82) is 0 Å². The van der Waals surface area contributed by atoms with Crippen LogP contribution in [0.25, 0.3) is 11.4 Å². The molecule has 1 N–H and O–H groups in total. The summed E-state index contributed by atoms with van der Waals surface area (Å²) in [5.41, 5.74) is 0.848. The van der Waals surface area contributed by atoms with Gasteiger partial charge >= 0.3 is 0 Å². The van der Waals surface area contributed by atoms with Crippen LogP contribution in [0.2, 0.25) is 0 Å². The summed E-state index contributed by atoms with van der Waals surface area (Å²) in [7, 11) is 3.22. The molecule has 2 heterocycles. The normalized spacial score (nSPS) is 21.5. The highest BCUT2D eigenvalue weighted by atomic mass is 16.5. The molecule has 0 bridgehead atoms. The molecule has 2 atom stereocenters. The van der Waals surface area contributed by atoms with E-state index in [9.17, 15) is 0 Å². The average Bonchev–Trinajstić information content (AvgIpc) is 3.15. The molecule has 0 aliphatic carbocycles. The van der Waals surface area contributed by atoms with E-state index in [1.165, 1.54) is 0 Å². The maximum Gasteiger partial charge on any atom is 0.231 e. The zero-order chi connectivity index (χ0) is 14.8. The topological polar surface area (TPSA) is 69.4 Å². The number of aromatic nitrogens is 2. The Bertz CT molecular complexity index is 626. The third-order valence-corrected chi connectivity index (χ3v) is 3.93. The summed E-state index contributed by atoms with van der Waals surface area (Å²) in [6, 6.07) is 5.95. The molecule has 1 aromatic carbocycles. The fourth-order valence-electron chi connectivity index (χ4n) is 2.67. The fraction of sp³-hybridized carbons (Fsp3) is 0.467. The van der Waals surface area contributed by atoms with E-state index in [4.69, 9.17) is 14.0 Å². The molecule has 0 amide bonds. The van der Waals surface area contributed by atoms with Crippen molar-refractivity contribution in [3.05, 3.63) is 24.1 Å². The smallest absolute Gasteiger partial charge is 0.231 e. The molecule has 2 aromatic rings. The van der Waals surface area contributed by atoms with Crippen LogP contribution in [-0.4, -0.2) is 36.9 Å². The van der Waals surface area contributed by atoms with Gasteiger partial charge in [0.05, 0.1) is 20.1 Å². The van der Waals surface area contributed by atoms with Gasteiger partial charge in [-0.3, -0.25) is 0 Å². The first-order valence-corrected chi connectivity index (χ1v) is 7.02. The SMILES string of the molecule is COc1ccc(-c2noc(C3CCNC3C)n2)cc1OC. The van der Waals surface area contributed by atoms with E-state index in [-0.39, 0.29) is 5.92 Å². The van der Waals surface area contributed by atoms with Crippen molar-refractivity contribution >= 4 is 0 Å². The summed E-state index contributed by atoms with van der Waals surface area (Å²) in [6.07, 6.45) is 1.02. The number of rotatable bonds is 4. The number of ether oxygens (including phenoxy) is 2. The molecule has 0 spiro atoms. The van der Waals surface area contributed by atoms with Crippen LogP contribution in [0.15, 0.2) is 22.7 Å². The first-order chi connectivity index (χ1) is 10.2. The predicted octanol–water partition coefficient (Wildman–Crippen LogP) is 2.22. The predicted molar refractivity (Wildman–Crippen MR) is 77.7 cm³/mol. The molecule has 6 heteroatoms. The van der Waals surface area contributed by atoms with Gasteiger partial charge in [-0.2, -0.15) is 4.98 Å². The molecule has 0 saturated carbocycles. The van der Waals surface area contributed by atoms with Crippen LogP contribution in [0.4, 0.5) is 0 Å². The van der Waals surface area contributed by atoms with Gasteiger partial charge in [0.25, 0.3) is 0 Å². The lowest BCUT2D eigenvalue weighted by Crippen LogP contribution is -2.21. The second kappa shape index (κ2) is 5.73. The quantitative estimate of drug-likeness (QED) is 0.930. The van der Waals surface area contributed by atoms with Gasteiger partial charge in [0.2, 0.25) is 11.7 Å². The molecule has 1 fully saturated rings.